The van der Waals surface area contributed by atoms with E-state index in [0.717, 1.165) is 4.90 Å². The van der Waals surface area contributed by atoms with Crippen molar-refractivity contribution in [3.63, 3.8) is 0 Å². The van der Waals surface area contributed by atoms with Gasteiger partial charge in [0.05, 0.1) is 10.7 Å². The summed E-state index contributed by atoms with van der Waals surface area (Å²) in [6.45, 7) is 0. The highest BCUT2D eigenvalue weighted by Crippen LogP contribution is 2.14. The summed E-state index contributed by atoms with van der Waals surface area (Å²) in [5, 5.41) is 7.85. The third-order valence-electron chi connectivity index (χ3n) is 1.19. The molecule has 0 saturated heterocycles. The minimum Gasteiger partial charge on any atom is -0.465 e. The van der Waals surface area contributed by atoms with Crippen LogP contribution in [0.2, 0.25) is 0 Å². The highest BCUT2D eigenvalue weighted by atomic mass is 32.1. The minimum atomic E-state index is -1.06. The van der Waals surface area contributed by atoms with Crippen molar-refractivity contribution in [3.8, 4) is 0 Å². The smallest absolute Gasteiger partial charge is 0.409 e. The number of carbonyl (C=O) groups is 1. The number of hydrogen-bond donors (Lipinski definition) is 5. The molecule has 0 fully saturated rings. The van der Waals surface area contributed by atoms with E-state index in [0.29, 0.717) is 11.5 Å². The molecule has 0 aromatic carbocycles. The molecule has 3 nitrogen and oxygen atoms in total. The van der Waals surface area contributed by atoms with Gasteiger partial charge in [-0.25, -0.2) is 4.79 Å². The van der Waals surface area contributed by atoms with Crippen LogP contribution in [0.25, 0.3) is 0 Å². The van der Waals surface area contributed by atoms with Gasteiger partial charge in [-0.1, -0.05) is 0 Å². The molecule has 0 aliphatic heterocycles. The van der Waals surface area contributed by atoms with Crippen LogP contribution >= 0.6 is 50.5 Å². The Kier molecular flexibility index (Phi) is 6.52. The molecule has 72 valence electrons. The maximum atomic E-state index is 10.7. The predicted molar refractivity (Wildman–Crippen MR) is 63.1 cm³/mol. The van der Waals surface area contributed by atoms with E-state index in [-0.39, 0.29) is 0 Å². The molecule has 0 saturated carbocycles. The SMILES string of the molecule is O=C(O)N(C(S)CS)C(S)CS. The number of hydrogen-bond acceptors (Lipinski definition) is 5. The van der Waals surface area contributed by atoms with Crippen LogP contribution in [0.15, 0.2) is 0 Å². The summed E-state index contributed by atoms with van der Waals surface area (Å²) in [6.07, 6.45) is -1.06. The topological polar surface area (TPSA) is 40.5 Å². The van der Waals surface area contributed by atoms with Gasteiger partial charge in [-0.05, 0) is 0 Å². The van der Waals surface area contributed by atoms with Crippen molar-refractivity contribution in [1.82, 2.24) is 4.90 Å². The molecule has 1 N–H and O–H groups in total. The van der Waals surface area contributed by atoms with Crippen LogP contribution in [0.3, 0.4) is 0 Å². The number of nitrogens with zero attached hydrogens (tertiary/aromatic N) is 1. The first-order chi connectivity index (χ1) is 5.54. The number of rotatable bonds is 4. The fourth-order valence-corrected chi connectivity index (χ4v) is 1.61. The Balaban J connectivity index is 4.32. The average molecular weight is 245 g/mol. The van der Waals surface area contributed by atoms with Crippen LogP contribution in [-0.2, 0) is 0 Å². The molecule has 0 aromatic heterocycles. The fraction of sp³-hybridized carbons (Fsp3) is 0.800. The fourth-order valence-electron chi connectivity index (χ4n) is 0.630. The third kappa shape index (κ3) is 3.59. The van der Waals surface area contributed by atoms with E-state index in [1.54, 1.807) is 0 Å². The predicted octanol–water partition coefficient (Wildman–Crippen LogP) is 1.34. The van der Waals surface area contributed by atoms with Crippen molar-refractivity contribution >= 4 is 56.6 Å². The van der Waals surface area contributed by atoms with Gasteiger partial charge in [-0.15, -0.1) is 0 Å². The lowest BCUT2D eigenvalue weighted by Gasteiger charge is -2.28. The van der Waals surface area contributed by atoms with Gasteiger partial charge in [-0.2, -0.15) is 50.5 Å². The van der Waals surface area contributed by atoms with Crippen molar-refractivity contribution < 1.29 is 9.90 Å². The van der Waals surface area contributed by atoms with E-state index in [2.05, 4.69) is 50.5 Å². The van der Waals surface area contributed by atoms with Gasteiger partial charge in [0.15, 0.2) is 0 Å². The number of carboxylic acid groups (broad SMARTS) is 1. The second-order valence-corrected chi connectivity index (χ2v) is 3.94. The molecule has 7 heteroatoms. The van der Waals surface area contributed by atoms with E-state index in [1.165, 1.54) is 0 Å². The van der Waals surface area contributed by atoms with Crippen molar-refractivity contribution in [2.75, 3.05) is 11.5 Å². The molecular formula is C5H11NO2S4. The summed E-state index contributed by atoms with van der Waals surface area (Å²) in [6, 6.07) is 0. The highest BCUT2D eigenvalue weighted by molar-refractivity contribution is 7.85. The maximum absolute atomic E-state index is 10.7. The van der Waals surface area contributed by atoms with Crippen LogP contribution in [0.1, 0.15) is 0 Å². The standard InChI is InChI=1S/C5H11NO2S4/c7-5(8)6(3(11)1-9)4(12)2-10/h3-4,9-12H,1-2H2,(H,7,8). The first-order valence-electron chi connectivity index (χ1n) is 3.13. The van der Waals surface area contributed by atoms with Crippen molar-refractivity contribution in [2.24, 2.45) is 0 Å². The zero-order valence-electron chi connectivity index (χ0n) is 6.16. The van der Waals surface area contributed by atoms with E-state index >= 15 is 0 Å². The number of amides is 1. The molecule has 0 bridgehead atoms. The van der Waals surface area contributed by atoms with E-state index < -0.39 is 16.8 Å². The summed E-state index contributed by atoms with van der Waals surface area (Å²) < 4.78 is 0. The Hall–Kier alpha value is 0.670. The molecule has 2 unspecified atom stereocenters. The largest absolute Gasteiger partial charge is 0.465 e. The Bertz CT molecular complexity index is 146. The van der Waals surface area contributed by atoms with E-state index in [1.807, 2.05) is 0 Å². The van der Waals surface area contributed by atoms with Gasteiger partial charge < -0.3 is 5.11 Å². The van der Waals surface area contributed by atoms with Crippen LogP contribution in [0.4, 0.5) is 4.79 Å². The Morgan fingerprint density at radius 2 is 1.58 bits per heavy atom. The molecule has 0 aliphatic rings. The molecule has 0 heterocycles. The molecular weight excluding hydrogens is 234 g/mol. The van der Waals surface area contributed by atoms with Crippen LogP contribution in [-0.4, -0.2) is 38.4 Å². The Labute approximate surface area is 93.5 Å². The van der Waals surface area contributed by atoms with Gasteiger partial charge in [0.1, 0.15) is 0 Å². The van der Waals surface area contributed by atoms with Crippen molar-refractivity contribution in [3.05, 3.63) is 0 Å². The maximum Gasteiger partial charge on any atom is 0.409 e. The van der Waals surface area contributed by atoms with Gasteiger partial charge in [0, 0.05) is 11.5 Å². The van der Waals surface area contributed by atoms with Gasteiger partial charge >= 0.3 is 6.09 Å². The molecule has 0 spiro atoms. The third-order valence-corrected chi connectivity index (χ3v) is 3.32. The highest BCUT2D eigenvalue weighted by Gasteiger charge is 2.24. The zero-order valence-corrected chi connectivity index (χ0v) is 9.74. The van der Waals surface area contributed by atoms with Crippen LogP contribution in [0.5, 0.6) is 0 Å². The second-order valence-electron chi connectivity index (χ2n) is 2.02. The lowest BCUT2D eigenvalue weighted by Crippen LogP contribution is -2.43. The second kappa shape index (κ2) is 6.17. The van der Waals surface area contributed by atoms with Crippen molar-refractivity contribution in [1.29, 1.82) is 0 Å². The summed E-state index contributed by atoms with van der Waals surface area (Å²) in [5.74, 6) is 0.695. The summed E-state index contributed by atoms with van der Waals surface area (Å²) in [5.41, 5.74) is 0. The number of thiol groups is 4. The quantitative estimate of drug-likeness (QED) is 0.383. The lowest BCUT2D eigenvalue weighted by molar-refractivity contribution is 0.142. The molecule has 0 rings (SSSR count). The van der Waals surface area contributed by atoms with Crippen LogP contribution in [0, 0.1) is 0 Å². The molecule has 1 amide bonds. The minimum absolute atomic E-state index is 0.347. The Morgan fingerprint density at radius 1 is 1.25 bits per heavy atom. The first-order valence-corrected chi connectivity index (χ1v) is 5.43. The van der Waals surface area contributed by atoms with Crippen LogP contribution < -0.4 is 0 Å². The Morgan fingerprint density at radius 3 is 1.75 bits per heavy atom. The molecule has 0 radical (unpaired) electrons. The summed E-state index contributed by atoms with van der Waals surface area (Å²) in [4.78, 5) is 11.8. The lowest BCUT2D eigenvalue weighted by atomic mass is 10.5. The van der Waals surface area contributed by atoms with Gasteiger partial charge in [-0.3, -0.25) is 4.90 Å². The monoisotopic (exact) mass is 245 g/mol. The first kappa shape index (κ1) is 12.7. The summed E-state index contributed by atoms with van der Waals surface area (Å²) >= 11 is 16.0. The molecule has 0 aliphatic carbocycles. The van der Waals surface area contributed by atoms with Crippen molar-refractivity contribution in [2.45, 2.75) is 10.7 Å². The van der Waals surface area contributed by atoms with E-state index in [9.17, 15) is 4.79 Å². The summed E-state index contributed by atoms with van der Waals surface area (Å²) in [7, 11) is 0. The molecule has 2 atom stereocenters. The molecule has 12 heavy (non-hydrogen) atoms. The van der Waals surface area contributed by atoms with Gasteiger partial charge in [0.2, 0.25) is 0 Å². The zero-order chi connectivity index (χ0) is 9.72. The normalized spacial score (nSPS) is 15.3. The average Bonchev–Trinajstić information content (AvgIpc) is 2.03. The van der Waals surface area contributed by atoms with Gasteiger partial charge in [0.25, 0.3) is 0 Å². The molecule has 0 aromatic rings. The van der Waals surface area contributed by atoms with E-state index in [4.69, 9.17) is 5.11 Å².